The Hall–Kier alpha value is -1.11. The van der Waals surface area contributed by atoms with Crippen molar-refractivity contribution in [3.63, 3.8) is 0 Å². The Morgan fingerprint density at radius 2 is 1.55 bits per heavy atom. The number of aryl methyl sites for hydroxylation is 1. The van der Waals surface area contributed by atoms with Crippen LogP contribution in [0, 0.1) is 6.92 Å². The van der Waals surface area contributed by atoms with Gasteiger partial charge in [0, 0.05) is 6.54 Å². The van der Waals surface area contributed by atoms with Crippen molar-refractivity contribution < 1.29 is 36.8 Å². The van der Waals surface area contributed by atoms with E-state index in [1.165, 1.54) is 0 Å². The smallest absolute Gasteiger partial charge is 0.240 e. The largest absolute Gasteiger partial charge is 0.377 e. The van der Waals surface area contributed by atoms with Crippen molar-refractivity contribution in [3.05, 3.63) is 29.8 Å². The van der Waals surface area contributed by atoms with Gasteiger partial charge in [0.25, 0.3) is 0 Å². The van der Waals surface area contributed by atoms with E-state index in [2.05, 4.69) is 4.72 Å². The summed E-state index contributed by atoms with van der Waals surface area (Å²) < 4.78 is 63.0. The molecule has 174 valence electrons. The first-order valence-corrected chi connectivity index (χ1v) is 11.9. The molecule has 0 aliphatic carbocycles. The van der Waals surface area contributed by atoms with Gasteiger partial charge in [-0.25, -0.2) is 13.1 Å². The zero-order valence-electron chi connectivity index (χ0n) is 18.5. The molecular formula is C21H31NO8S. The topological polar surface area (TPSA) is 102 Å². The second kappa shape index (κ2) is 8.35. The molecule has 3 aliphatic heterocycles. The number of benzene rings is 1. The third kappa shape index (κ3) is 5.12. The molecule has 10 heteroatoms. The van der Waals surface area contributed by atoms with E-state index in [-0.39, 0.29) is 43.0 Å². The molecule has 0 unspecified atom stereocenters. The lowest BCUT2D eigenvalue weighted by atomic mass is 9.99. The van der Waals surface area contributed by atoms with Gasteiger partial charge < -0.3 is 28.4 Å². The number of rotatable bonds is 7. The average Bonchev–Trinajstić information content (AvgIpc) is 3.15. The predicted molar refractivity (Wildman–Crippen MR) is 110 cm³/mol. The van der Waals surface area contributed by atoms with Crippen LogP contribution in [0.4, 0.5) is 0 Å². The van der Waals surface area contributed by atoms with E-state index >= 15 is 0 Å². The Kier molecular flexibility index (Phi) is 6.21. The molecule has 3 heterocycles. The van der Waals surface area contributed by atoms with Crippen molar-refractivity contribution >= 4 is 10.0 Å². The van der Waals surface area contributed by atoms with Crippen LogP contribution in [0.3, 0.4) is 0 Å². The summed E-state index contributed by atoms with van der Waals surface area (Å²) in [5.74, 6) is -1.55. The number of ether oxygens (including phenoxy) is 6. The van der Waals surface area contributed by atoms with Crippen LogP contribution < -0.4 is 4.72 Å². The number of fused-ring (bicyclic) bond motifs is 3. The summed E-state index contributed by atoms with van der Waals surface area (Å²) in [7, 11) is -3.58. The van der Waals surface area contributed by atoms with Crippen molar-refractivity contribution in [1.82, 2.24) is 4.72 Å². The highest BCUT2D eigenvalue weighted by atomic mass is 32.2. The predicted octanol–water partition coefficient (Wildman–Crippen LogP) is 1.69. The van der Waals surface area contributed by atoms with Crippen LogP contribution >= 0.6 is 0 Å². The lowest BCUT2D eigenvalue weighted by Crippen LogP contribution is -2.56. The Balaban J connectivity index is 1.30. The molecule has 3 saturated heterocycles. The van der Waals surface area contributed by atoms with Crippen LogP contribution in [0.25, 0.3) is 0 Å². The molecule has 0 aromatic heterocycles. The molecule has 3 aliphatic rings. The molecule has 0 bridgehead atoms. The number of sulfonamides is 1. The quantitative estimate of drug-likeness (QED) is 0.618. The third-order valence-corrected chi connectivity index (χ3v) is 6.88. The van der Waals surface area contributed by atoms with Gasteiger partial charge in [-0.2, -0.15) is 0 Å². The van der Waals surface area contributed by atoms with Crippen LogP contribution in [-0.4, -0.2) is 70.5 Å². The molecule has 1 aromatic carbocycles. The van der Waals surface area contributed by atoms with Gasteiger partial charge in [-0.1, -0.05) is 17.7 Å². The highest BCUT2D eigenvalue weighted by Gasteiger charge is 2.60. The molecule has 4 rings (SSSR count). The Labute approximate surface area is 183 Å². The van der Waals surface area contributed by atoms with E-state index in [0.29, 0.717) is 0 Å². The molecule has 0 radical (unpaired) electrons. The fourth-order valence-corrected chi connectivity index (χ4v) is 5.09. The minimum absolute atomic E-state index is 0.137. The Bertz CT molecular complexity index is 885. The Morgan fingerprint density at radius 1 is 0.935 bits per heavy atom. The molecular weight excluding hydrogens is 426 g/mol. The summed E-state index contributed by atoms with van der Waals surface area (Å²) in [5.41, 5.74) is 0.997. The first kappa shape index (κ1) is 23.1. The van der Waals surface area contributed by atoms with Gasteiger partial charge in [-0.05, 0) is 46.8 Å². The Morgan fingerprint density at radius 3 is 2.26 bits per heavy atom. The van der Waals surface area contributed by atoms with Crippen molar-refractivity contribution in [3.8, 4) is 0 Å². The normalized spacial score (nSPS) is 33.8. The van der Waals surface area contributed by atoms with Gasteiger partial charge in [0.05, 0.1) is 18.1 Å². The average molecular weight is 458 g/mol. The van der Waals surface area contributed by atoms with Crippen LogP contribution in [0.1, 0.15) is 33.3 Å². The lowest BCUT2D eigenvalue weighted by Gasteiger charge is -2.37. The first-order chi connectivity index (χ1) is 14.5. The minimum atomic E-state index is -3.58. The van der Waals surface area contributed by atoms with E-state index in [1.54, 1.807) is 24.3 Å². The van der Waals surface area contributed by atoms with E-state index in [9.17, 15) is 8.42 Å². The van der Waals surface area contributed by atoms with E-state index in [0.717, 1.165) is 5.56 Å². The van der Waals surface area contributed by atoms with Gasteiger partial charge in [0.15, 0.2) is 17.9 Å². The molecule has 0 spiro atoms. The zero-order chi connectivity index (χ0) is 22.4. The zero-order valence-corrected chi connectivity index (χ0v) is 19.3. The maximum absolute atomic E-state index is 12.4. The van der Waals surface area contributed by atoms with Crippen molar-refractivity contribution in [2.75, 3.05) is 19.8 Å². The first-order valence-electron chi connectivity index (χ1n) is 10.5. The van der Waals surface area contributed by atoms with Crippen LogP contribution in [0.5, 0.6) is 0 Å². The molecule has 0 saturated carbocycles. The molecule has 1 N–H and O–H groups in total. The van der Waals surface area contributed by atoms with Gasteiger partial charge in [-0.3, -0.25) is 0 Å². The lowest BCUT2D eigenvalue weighted by molar-refractivity contribution is -0.242. The summed E-state index contributed by atoms with van der Waals surface area (Å²) in [6.07, 6.45) is -2.12. The molecule has 3 fully saturated rings. The highest BCUT2D eigenvalue weighted by molar-refractivity contribution is 7.89. The summed E-state index contributed by atoms with van der Waals surface area (Å²) in [5, 5.41) is 0. The van der Waals surface area contributed by atoms with E-state index in [1.807, 2.05) is 34.6 Å². The van der Waals surface area contributed by atoms with Gasteiger partial charge in [0.2, 0.25) is 10.0 Å². The van der Waals surface area contributed by atoms with Crippen molar-refractivity contribution in [2.45, 2.75) is 81.8 Å². The highest BCUT2D eigenvalue weighted by Crippen LogP contribution is 2.44. The number of hydrogen-bond donors (Lipinski definition) is 1. The summed E-state index contributed by atoms with van der Waals surface area (Å²) >= 11 is 0. The second-order valence-corrected chi connectivity index (χ2v) is 10.8. The van der Waals surface area contributed by atoms with Crippen molar-refractivity contribution in [1.29, 1.82) is 0 Å². The molecule has 9 nitrogen and oxygen atoms in total. The summed E-state index contributed by atoms with van der Waals surface area (Å²) in [4.78, 5) is 0.224. The van der Waals surface area contributed by atoms with Crippen LogP contribution in [-0.2, 0) is 38.4 Å². The monoisotopic (exact) mass is 457 g/mol. The van der Waals surface area contributed by atoms with Gasteiger partial charge >= 0.3 is 0 Å². The summed E-state index contributed by atoms with van der Waals surface area (Å²) in [6.45, 7) is 9.79. The van der Waals surface area contributed by atoms with E-state index < -0.39 is 34.0 Å². The van der Waals surface area contributed by atoms with Gasteiger partial charge in [0.1, 0.15) is 24.4 Å². The molecule has 31 heavy (non-hydrogen) atoms. The van der Waals surface area contributed by atoms with Crippen LogP contribution in [0.15, 0.2) is 29.2 Å². The fourth-order valence-electron chi connectivity index (χ4n) is 4.08. The van der Waals surface area contributed by atoms with Crippen molar-refractivity contribution in [2.24, 2.45) is 0 Å². The maximum atomic E-state index is 12.4. The fraction of sp³-hybridized carbons (Fsp3) is 0.714. The second-order valence-electron chi connectivity index (χ2n) is 8.99. The standard InChI is InChI=1S/C21H31NO8S/c1-13-6-8-14(9-7-13)31(23,24)22-10-11-25-12-15-16-17(28-20(2,3)27-16)18-19(26-15)30-21(4,5)29-18/h6-9,15-19,22H,10-12H2,1-5H3/t15-,16+,17+,18-,19-/m1/s1. The molecule has 0 amide bonds. The van der Waals surface area contributed by atoms with E-state index in [4.69, 9.17) is 28.4 Å². The van der Waals surface area contributed by atoms with Crippen LogP contribution in [0.2, 0.25) is 0 Å². The third-order valence-electron chi connectivity index (χ3n) is 5.40. The van der Waals surface area contributed by atoms with Gasteiger partial charge in [-0.15, -0.1) is 0 Å². The maximum Gasteiger partial charge on any atom is 0.240 e. The summed E-state index contributed by atoms with van der Waals surface area (Å²) in [6, 6.07) is 6.68. The SMILES string of the molecule is Cc1ccc(S(=O)(=O)NCCOC[C@H]2O[C@@H]3OC(C)(C)O[C@@H]3[C@H]3OC(C)(C)O[C@H]32)cc1. The minimum Gasteiger partial charge on any atom is -0.377 e. The number of hydrogen-bond acceptors (Lipinski definition) is 8. The molecule has 5 atom stereocenters. The number of nitrogens with one attached hydrogen (secondary N) is 1. The molecule has 1 aromatic rings.